The van der Waals surface area contributed by atoms with Gasteiger partial charge in [0.2, 0.25) is 10.0 Å². The van der Waals surface area contributed by atoms with E-state index in [1.165, 1.54) is 11.3 Å². The standard InChI is InChI=1S/C27H33ClN4O4S2/c1-20-18-22(28)19-24-25(20)29-27(37-24)32(13-12-30-14-16-36-17-15-30)26(33)21-6-8-23(9-7-21)38(34,35)31-10-4-2-3-5-11-31/h6-9,18-19H,2-5,10-17H2,1H3. The molecule has 0 aliphatic carbocycles. The van der Waals surface area contributed by atoms with Crippen LogP contribution in [0.3, 0.4) is 0 Å². The van der Waals surface area contributed by atoms with Crippen molar-refractivity contribution in [2.75, 3.05) is 57.4 Å². The zero-order valence-corrected chi connectivity index (χ0v) is 24.0. The molecular formula is C27H33ClN4O4S2. The number of fused-ring (bicyclic) bond motifs is 1. The number of hydrogen-bond donors (Lipinski definition) is 0. The molecule has 38 heavy (non-hydrogen) atoms. The largest absolute Gasteiger partial charge is 0.379 e. The van der Waals surface area contributed by atoms with Crippen LogP contribution < -0.4 is 4.90 Å². The summed E-state index contributed by atoms with van der Waals surface area (Å²) < 4.78 is 34.4. The van der Waals surface area contributed by atoms with Gasteiger partial charge in [-0.05, 0) is 61.7 Å². The summed E-state index contributed by atoms with van der Waals surface area (Å²) in [6, 6.07) is 10.1. The minimum atomic E-state index is -3.58. The van der Waals surface area contributed by atoms with Crippen LogP contribution in [0.4, 0.5) is 5.13 Å². The Balaban J connectivity index is 1.41. The first kappa shape index (κ1) is 27.5. The first-order valence-electron chi connectivity index (χ1n) is 13.1. The maximum atomic E-state index is 13.8. The molecule has 3 aromatic rings. The number of aromatic nitrogens is 1. The van der Waals surface area contributed by atoms with Gasteiger partial charge in [0.15, 0.2) is 5.13 Å². The van der Waals surface area contributed by atoms with Crippen molar-refractivity contribution >= 4 is 54.2 Å². The molecule has 2 fully saturated rings. The van der Waals surface area contributed by atoms with Crippen molar-refractivity contribution in [1.29, 1.82) is 0 Å². The van der Waals surface area contributed by atoms with E-state index in [1.54, 1.807) is 33.5 Å². The maximum absolute atomic E-state index is 13.8. The first-order chi connectivity index (χ1) is 18.3. The van der Waals surface area contributed by atoms with Crippen molar-refractivity contribution in [2.45, 2.75) is 37.5 Å². The third-order valence-electron chi connectivity index (χ3n) is 7.16. The smallest absolute Gasteiger partial charge is 0.260 e. The lowest BCUT2D eigenvalue weighted by atomic mass is 10.2. The number of benzene rings is 2. The van der Waals surface area contributed by atoms with Gasteiger partial charge >= 0.3 is 0 Å². The van der Waals surface area contributed by atoms with Crippen molar-refractivity contribution in [3.63, 3.8) is 0 Å². The van der Waals surface area contributed by atoms with Gasteiger partial charge in [-0.25, -0.2) is 13.4 Å². The molecule has 0 N–H and O–H groups in total. The number of carbonyl (C=O) groups is 1. The lowest BCUT2D eigenvalue weighted by Crippen LogP contribution is -2.43. The number of nitrogens with zero attached hydrogens (tertiary/aromatic N) is 4. The summed E-state index contributed by atoms with van der Waals surface area (Å²) in [5, 5.41) is 1.24. The molecule has 5 rings (SSSR count). The molecule has 0 spiro atoms. The normalized spacial score (nSPS) is 17.9. The quantitative estimate of drug-likeness (QED) is 0.402. The fraction of sp³-hybridized carbons (Fsp3) is 0.481. The number of morpholine rings is 1. The van der Waals surface area contributed by atoms with Gasteiger partial charge in [-0.3, -0.25) is 14.6 Å². The predicted molar refractivity (Wildman–Crippen MR) is 152 cm³/mol. The topological polar surface area (TPSA) is 83.0 Å². The number of amides is 1. The number of carbonyl (C=O) groups excluding carboxylic acids is 1. The molecule has 11 heteroatoms. The summed E-state index contributed by atoms with van der Waals surface area (Å²) in [5.74, 6) is -0.209. The summed E-state index contributed by atoms with van der Waals surface area (Å²) in [5.41, 5.74) is 2.21. The second-order valence-electron chi connectivity index (χ2n) is 9.82. The Labute approximate surface area is 233 Å². The van der Waals surface area contributed by atoms with Gasteiger partial charge in [0.25, 0.3) is 5.91 Å². The number of hydrogen-bond acceptors (Lipinski definition) is 7. The molecule has 0 atom stereocenters. The van der Waals surface area contributed by atoms with Crippen molar-refractivity contribution in [3.05, 3.63) is 52.5 Å². The summed E-state index contributed by atoms with van der Waals surface area (Å²) in [6.07, 6.45) is 3.86. The molecule has 0 radical (unpaired) electrons. The molecule has 2 aliphatic rings. The highest BCUT2D eigenvalue weighted by Crippen LogP contribution is 2.34. The lowest BCUT2D eigenvalue weighted by molar-refractivity contribution is 0.0391. The van der Waals surface area contributed by atoms with Crippen LogP contribution in [-0.4, -0.2) is 81.0 Å². The second kappa shape index (κ2) is 12.0. The lowest BCUT2D eigenvalue weighted by Gasteiger charge is -2.29. The molecule has 1 aromatic heterocycles. The predicted octanol–water partition coefficient (Wildman–Crippen LogP) is 4.80. The van der Waals surface area contributed by atoms with Gasteiger partial charge in [0.05, 0.1) is 28.3 Å². The Morgan fingerprint density at radius 2 is 1.74 bits per heavy atom. The van der Waals surface area contributed by atoms with Crippen LogP contribution in [0.2, 0.25) is 5.02 Å². The van der Waals surface area contributed by atoms with Gasteiger partial charge in [0.1, 0.15) is 0 Å². The Morgan fingerprint density at radius 3 is 2.42 bits per heavy atom. The average molecular weight is 577 g/mol. The van der Waals surface area contributed by atoms with Crippen molar-refractivity contribution in [3.8, 4) is 0 Å². The summed E-state index contributed by atoms with van der Waals surface area (Å²) in [6.45, 7) is 7.18. The zero-order chi connectivity index (χ0) is 26.7. The number of sulfonamides is 1. The Hall–Kier alpha value is -2.08. The highest BCUT2D eigenvalue weighted by Gasteiger charge is 2.27. The van der Waals surface area contributed by atoms with E-state index in [2.05, 4.69) is 4.90 Å². The molecule has 1 amide bonds. The molecule has 8 nitrogen and oxygen atoms in total. The van der Waals surface area contributed by atoms with Gasteiger partial charge < -0.3 is 4.74 Å². The van der Waals surface area contributed by atoms with E-state index in [0.717, 1.165) is 54.6 Å². The molecule has 0 saturated carbocycles. The fourth-order valence-corrected chi connectivity index (χ4v) is 7.93. The van der Waals surface area contributed by atoms with E-state index in [0.29, 0.717) is 55.1 Å². The molecule has 2 aliphatic heterocycles. The zero-order valence-electron chi connectivity index (χ0n) is 21.6. The summed E-state index contributed by atoms with van der Waals surface area (Å²) in [7, 11) is -3.58. The van der Waals surface area contributed by atoms with E-state index in [-0.39, 0.29) is 10.8 Å². The molecule has 0 unspecified atom stereocenters. The third-order valence-corrected chi connectivity index (χ3v) is 10.3. The number of halogens is 1. The molecule has 2 aromatic carbocycles. The van der Waals surface area contributed by atoms with Gasteiger partial charge in [-0.15, -0.1) is 0 Å². The fourth-order valence-electron chi connectivity index (χ4n) is 4.96. The number of anilines is 1. The minimum absolute atomic E-state index is 0.209. The average Bonchev–Trinajstić information content (AvgIpc) is 3.14. The van der Waals surface area contributed by atoms with Crippen molar-refractivity contribution in [1.82, 2.24) is 14.2 Å². The van der Waals surface area contributed by atoms with Crippen LogP contribution >= 0.6 is 22.9 Å². The van der Waals surface area contributed by atoms with E-state index in [9.17, 15) is 13.2 Å². The number of thiazole rings is 1. The van der Waals surface area contributed by atoms with E-state index in [4.69, 9.17) is 21.3 Å². The molecule has 204 valence electrons. The Morgan fingerprint density at radius 1 is 1.05 bits per heavy atom. The Bertz CT molecular complexity index is 1380. The van der Waals surface area contributed by atoms with E-state index >= 15 is 0 Å². The van der Waals surface area contributed by atoms with Crippen LogP contribution in [0.1, 0.15) is 41.6 Å². The van der Waals surface area contributed by atoms with Gasteiger partial charge in [-0.2, -0.15) is 4.31 Å². The number of aryl methyl sites for hydroxylation is 1. The molecule has 2 saturated heterocycles. The first-order valence-corrected chi connectivity index (χ1v) is 15.8. The Kier molecular flexibility index (Phi) is 8.66. The van der Waals surface area contributed by atoms with Gasteiger partial charge in [-0.1, -0.05) is 35.8 Å². The number of ether oxygens (including phenoxy) is 1. The van der Waals surface area contributed by atoms with Gasteiger partial charge in [0, 0.05) is 49.9 Å². The van der Waals surface area contributed by atoms with Crippen LogP contribution in [-0.2, 0) is 14.8 Å². The highest BCUT2D eigenvalue weighted by atomic mass is 35.5. The number of rotatable bonds is 7. The minimum Gasteiger partial charge on any atom is -0.379 e. The SMILES string of the molecule is Cc1cc(Cl)cc2sc(N(CCN3CCOCC3)C(=O)c3ccc(S(=O)(=O)N4CCCCCC4)cc3)nc12. The molecule has 3 heterocycles. The maximum Gasteiger partial charge on any atom is 0.260 e. The molecular weight excluding hydrogens is 544 g/mol. The van der Waals surface area contributed by atoms with Crippen LogP contribution in [0.25, 0.3) is 10.2 Å². The molecule has 0 bridgehead atoms. The van der Waals surface area contributed by atoms with E-state index < -0.39 is 10.0 Å². The third kappa shape index (κ3) is 6.05. The van der Waals surface area contributed by atoms with E-state index in [1.807, 2.05) is 19.1 Å². The van der Waals surface area contributed by atoms with Crippen LogP contribution in [0.5, 0.6) is 0 Å². The summed E-state index contributed by atoms with van der Waals surface area (Å²) >= 11 is 7.71. The monoisotopic (exact) mass is 576 g/mol. The highest BCUT2D eigenvalue weighted by molar-refractivity contribution is 7.89. The summed E-state index contributed by atoms with van der Waals surface area (Å²) in [4.78, 5) is 22.8. The van der Waals surface area contributed by atoms with Crippen LogP contribution in [0.15, 0.2) is 41.3 Å². The van der Waals surface area contributed by atoms with Crippen molar-refractivity contribution in [2.24, 2.45) is 0 Å². The van der Waals surface area contributed by atoms with Crippen LogP contribution in [0, 0.1) is 6.92 Å². The second-order valence-corrected chi connectivity index (χ2v) is 13.2. The van der Waals surface area contributed by atoms with Crippen molar-refractivity contribution < 1.29 is 17.9 Å².